The maximum atomic E-state index is 11.8. The van der Waals surface area contributed by atoms with Gasteiger partial charge in [0.15, 0.2) is 11.6 Å². The van der Waals surface area contributed by atoms with Crippen LogP contribution in [0.25, 0.3) is 33.1 Å². The smallest absolute Gasteiger partial charge is 1.00 e. The van der Waals surface area contributed by atoms with Crippen LogP contribution < -0.4 is 188 Å². The number of nitrogen functional groups attached to an aromatic ring is 1. The Morgan fingerprint density at radius 3 is 0.897 bits per heavy atom. The van der Waals surface area contributed by atoms with Crippen LogP contribution >= 0.6 is 43.3 Å². The first kappa shape index (κ1) is 118. The van der Waals surface area contributed by atoms with Gasteiger partial charge in [-0.3, -0.25) is 64.6 Å². The molecule has 0 amide bonds. The quantitative estimate of drug-likeness (QED) is 0.00597. The van der Waals surface area contributed by atoms with E-state index < -0.39 is 81.2 Å². The summed E-state index contributed by atoms with van der Waals surface area (Å²) in [7, 11) is -3.36. The summed E-state index contributed by atoms with van der Waals surface area (Å²) >= 11 is 5.32. The monoisotopic (exact) mass is 2160 g/mol. The fourth-order valence-electron chi connectivity index (χ4n) is 14.2. The minimum atomic E-state index is -1.58. The third-order valence-corrected chi connectivity index (χ3v) is 30.5. The van der Waals surface area contributed by atoms with Crippen molar-refractivity contribution in [3.05, 3.63) is 541 Å². The minimum absolute atomic E-state index is 0. The fraction of sp³-hybridized carbons (Fsp3) is 0.0180. The Balaban J connectivity index is 0.000000225. The van der Waals surface area contributed by atoms with E-state index in [4.69, 9.17) is 37.4 Å². The second-order valence-corrected chi connectivity index (χ2v) is 39.2. The second-order valence-electron chi connectivity index (χ2n) is 29.9. The summed E-state index contributed by atoms with van der Waals surface area (Å²) < 4.78 is 0. The van der Waals surface area contributed by atoms with Crippen LogP contribution in [0.1, 0.15) is 36.0 Å². The Labute approximate surface area is 947 Å². The van der Waals surface area contributed by atoms with E-state index in [0.717, 1.165) is 35.4 Å². The molecule has 34 heteroatoms. The number of aromatic amines is 1. The average molecular weight is 2160 g/mol. The number of rotatable bonds is 21. The molecule has 0 saturated carbocycles. The molecule has 0 aliphatic carbocycles. The number of halogens is 1. The minimum Gasteiger partial charge on any atom is -1.00 e. The van der Waals surface area contributed by atoms with Crippen LogP contribution in [0.3, 0.4) is 0 Å². The van der Waals surface area contributed by atoms with Crippen LogP contribution in [0.4, 0.5) is 28.4 Å². The molecular weight excluding hydrogens is 2070 g/mol. The van der Waals surface area contributed by atoms with Crippen molar-refractivity contribution in [3.63, 3.8) is 0 Å². The van der Waals surface area contributed by atoms with Crippen molar-refractivity contribution in [1.29, 1.82) is 0 Å². The molecule has 0 bridgehead atoms. The maximum absolute atomic E-state index is 11.8. The summed E-state index contributed by atoms with van der Waals surface area (Å²) in [6.07, 6.45) is 3.38. The Hall–Kier alpha value is -12.7. The number of nitrogens with one attached hydrogen (secondary N) is 1. The molecule has 0 saturated heterocycles. The normalized spacial score (nSPS) is 10.0. The summed E-state index contributed by atoms with van der Waals surface area (Å²) in [6, 6.07) is 153. The van der Waals surface area contributed by atoms with Crippen molar-refractivity contribution in [1.82, 2.24) is 19.9 Å². The molecule has 0 aliphatic heterocycles. The largest absolute Gasteiger partial charge is 1.00 e. The molecule has 0 atom stereocenters. The van der Waals surface area contributed by atoms with E-state index in [1.54, 1.807) is 48.7 Å². The summed E-state index contributed by atoms with van der Waals surface area (Å²) in [5, 5.41) is 86.3. The Bertz CT molecular complexity index is 6540. The molecule has 0 fully saturated rings. The topological polar surface area (TPSA) is 394 Å². The van der Waals surface area contributed by atoms with Gasteiger partial charge in [-0.15, -0.1) is 0 Å². The number of H-pyrrole nitrogens is 1. The van der Waals surface area contributed by atoms with Crippen LogP contribution in [0.5, 0.6) is 0 Å². The van der Waals surface area contributed by atoms with Gasteiger partial charge < -0.3 is 32.3 Å². The number of fused-ring (bicyclic) bond motifs is 3. The third kappa shape index (κ3) is 35.6. The summed E-state index contributed by atoms with van der Waals surface area (Å²) in [6.45, 7) is 2.54. The van der Waals surface area contributed by atoms with Crippen molar-refractivity contribution in [3.8, 4) is 11.3 Å². The molecule has 0 spiro atoms. The van der Waals surface area contributed by atoms with Gasteiger partial charge in [-0.25, -0.2) is 9.97 Å². The number of aromatic nitrogens is 4. The van der Waals surface area contributed by atoms with Gasteiger partial charge >= 0.3 is 121 Å². The number of nitrogens with two attached hydrogens (primary N) is 1. The van der Waals surface area contributed by atoms with Crippen LogP contribution in [0.2, 0.25) is 5.15 Å². The zero-order valence-corrected chi connectivity index (χ0v) is 90.6. The van der Waals surface area contributed by atoms with Crippen molar-refractivity contribution in [2.45, 2.75) is 13.8 Å². The van der Waals surface area contributed by atoms with E-state index in [9.17, 15) is 54.8 Å². The number of carbonyl (C=O) groups excluding carboxylic acids is 3. The van der Waals surface area contributed by atoms with Gasteiger partial charge in [-0.2, -0.15) is 0 Å². The molecule has 718 valence electrons. The maximum Gasteiger partial charge on any atom is 1.00 e. The number of pyridine rings is 4. The standard InChI is InChI=1S/4C18H15P.C13H9N3O5.C12H9N3O.C8H9BO3.C5H2ClN3O4.CH2O3.2K.Pd.H/c4*1-4-10-16(11-5-1)19(17-12-6-2-7-13-17)18-14-8-3-9-15-18;1-8(17)10-4-2-3-5-11(10)13-12(16(20)21)6-9(7-14-13)15(18)19;13-7-5-10-11(14-6-7)8-3-1-2-4-9(8)12(16)15-10;1-6(10)7-4-2-3-5-8(7)9(11)12;6-5-4(9(12)13)1-3(2-7-5)8(10)11;2-1-4-3;;;;/h4*1-15H;2-7H,1H3;1-6H,13H2,(H,15,16);2-5,11-12H,1H3;1-2H;1,3H;;;;/q;;;;;;;;;2*+1;;-1/p-1. The number of hydrogen-bond donors (Lipinski definition) is 4. The molecule has 5 N–H and O–H groups in total. The van der Waals surface area contributed by atoms with E-state index >= 15 is 0 Å². The van der Waals surface area contributed by atoms with Crippen molar-refractivity contribution in [2.75, 3.05) is 5.73 Å². The second kappa shape index (κ2) is 62.9. The van der Waals surface area contributed by atoms with E-state index in [1.165, 1.54) is 95.7 Å². The van der Waals surface area contributed by atoms with Gasteiger partial charge in [0, 0.05) is 47.9 Å². The van der Waals surface area contributed by atoms with Crippen molar-refractivity contribution < 1.29 is 179 Å². The number of hydrogen-bond acceptors (Lipinski definition) is 20. The van der Waals surface area contributed by atoms with E-state index in [2.05, 4.69) is 389 Å². The van der Waals surface area contributed by atoms with Crippen LogP contribution in [-0.4, -0.2) is 74.8 Å². The van der Waals surface area contributed by atoms with Gasteiger partial charge in [0.05, 0.1) is 54.7 Å². The van der Waals surface area contributed by atoms with E-state index in [-0.39, 0.29) is 176 Å². The molecule has 4 aromatic heterocycles. The molecule has 0 unspecified atom stereocenters. The van der Waals surface area contributed by atoms with Gasteiger partial charge in [-0.1, -0.05) is 442 Å². The Morgan fingerprint density at radius 2 is 0.628 bits per heavy atom. The van der Waals surface area contributed by atoms with E-state index in [1.807, 2.05) is 18.2 Å². The molecule has 19 rings (SSSR count). The van der Waals surface area contributed by atoms with Gasteiger partial charge in [0.2, 0.25) is 5.15 Å². The summed E-state index contributed by atoms with van der Waals surface area (Å²) in [4.78, 5) is 98.8. The number of nitrogens with zero attached hydrogens (tertiary/aromatic N) is 7. The number of Topliss-reactive ketones (excluding diaryl/α,β-unsaturated/α-hetero) is 2. The molecule has 19 aromatic rings. The molecule has 4 heterocycles. The first-order valence-electron chi connectivity index (χ1n) is 43.5. The van der Waals surface area contributed by atoms with Gasteiger partial charge in [0.1, 0.15) is 18.1 Å². The molecule has 0 aliphatic rings. The molecule has 15 aromatic carbocycles. The fourth-order valence-corrected chi connectivity index (χ4v) is 23.6. The first-order valence-corrected chi connectivity index (χ1v) is 49.3. The number of nitro groups is 4. The van der Waals surface area contributed by atoms with Crippen molar-refractivity contribution >= 4 is 188 Å². The van der Waals surface area contributed by atoms with Crippen LogP contribution in [0, 0.1) is 40.5 Å². The molecule has 25 nitrogen and oxygen atoms in total. The number of ketones is 2. The predicted octanol–water partition coefficient (Wildman–Crippen LogP) is 11.9. The number of carbonyl (C=O) groups is 3. The third-order valence-electron chi connectivity index (χ3n) is 20.4. The average Bonchev–Trinajstić information content (AvgIpc) is 0.771. The zero-order chi connectivity index (χ0) is 101. The van der Waals surface area contributed by atoms with E-state index in [0.29, 0.717) is 22.2 Å². The SMILES string of the molecule is CC(=O)c1ccccc1-c1ncc([N+](=O)[O-])cc1[N+](=O)[O-].CC(=O)c1ccccc1B(O)O.Nc1cnc2c(c1)[nH]c(=O)c1ccccc12.O=CO[O-].O=[N+]([O-])c1cnc(Cl)c([N+](=O)[O-])c1.[H-].[K+].[K+].[Pd].c1ccc(P(c2ccccc2)c2ccccc2)cc1.c1ccc(P(c2ccccc2)c2ccccc2)cc1.c1ccc(P(c2ccccc2)c2ccccc2)cc1.c1ccc(P(c2ccccc2)c2ccccc2)cc1. The summed E-state index contributed by atoms with van der Waals surface area (Å²) in [5.74, 6) is -0.446. The molecule has 0 radical (unpaired) electrons. The van der Waals surface area contributed by atoms with Crippen LogP contribution in [-0.2, 0) is 30.1 Å². The van der Waals surface area contributed by atoms with Gasteiger partial charge in [0.25, 0.3) is 23.4 Å². The Kier molecular flexibility index (Phi) is 51.0. The first-order chi connectivity index (χ1) is 69.0. The molecule has 145 heavy (non-hydrogen) atoms. The predicted molar refractivity (Wildman–Crippen MR) is 575 cm³/mol. The number of benzene rings is 15. The Morgan fingerprint density at radius 1 is 0.372 bits per heavy atom. The summed E-state index contributed by atoms with van der Waals surface area (Å²) in [5.41, 5.74) is 6.54. The van der Waals surface area contributed by atoms with Crippen LogP contribution in [0.15, 0.2) is 478 Å². The van der Waals surface area contributed by atoms with Crippen molar-refractivity contribution in [2.24, 2.45) is 0 Å². The molecular formula is C111H91BClK2N9O16P4Pd. The zero-order valence-electron chi connectivity index (χ0n) is 79.5. The number of anilines is 1. The van der Waals surface area contributed by atoms with Gasteiger partial charge in [-0.05, 0) is 127 Å².